The molecule has 1 heterocycles. The summed E-state index contributed by atoms with van der Waals surface area (Å²) in [6.45, 7) is 0.685. The minimum Gasteiger partial charge on any atom is -0.478 e. The van der Waals surface area contributed by atoms with Crippen LogP contribution >= 0.6 is 0 Å². The summed E-state index contributed by atoms with van der Waals surface area (Å²) < 4.78 is 43.0. The lowest BCUT2D eigenvalue weighted by molar-refractivity contribution is -0.137. The van der Waals surface area contributed by atoms with Crippen LogP contribution in [0.4, 0.5) is 13.2 Å². The van der Waals surface area contributed by atoms with Gasteiger partial charge in [-0.25, -0.2) is 4.99 Å². The smallest absolute Gasteiger partial charge is 0.416 e. The number of hydrogen-bond donors (Lipinski definition) is 1. The zero-order valence-corrected chi connectivity index (χ0v) is 9.57. The van der Waals surface area contributed by atoms with E-state index < -0.39 is 11.7 Å². The highest BCUT2D eigenvalue weighted by Crippen LogP contribution is 2.32. The number of hydrogen-bond acceptors (Lipinski definition) is 3. The van der Waals surface area contributed by atoms with Gasteiger partial charge < -0.3 is 10.5 Å². The Balaban J connectivity index is 2.20. The summed E-state index contributed by atoms with van der Waals surface area (Å²) in [6, 6.07) is 4.80. The number of nitrogens with two attached hydrogens (primary N) is 1. The van der Waals surface area contributed by atoms with E-state index in [9.17, 15) is 13.2 Å². The Kier molecular flexibility index (Phi) is 3.56. The molecule has 0 aliphatic carbocycles. The maximum atomic E-state index is 12.6. The Morgan fingerprint density at radius 3 is 2.83 bits per heavy atom. The number of alkyl halides is 3. The largest absolute Gasteiger partial charge is 0.478 e. The average Bonchev–Trinajstić information content (AvgIpc) is 2.77. The number of aliphatic imine (C=N–C) groups is 1. The van der Waals surface area contributed by atoms with Gasteiger partial charge in [0.15, 0.2) is 5.90 Å². The van der Waals surface area contributed by atoms with E-state index in [4.69, 9.17) is 10.5 Å². The molecule has 1 atom stereocenters. The predicted molar refractivity (Wildman–Crippen MR) is 61.2 cm³/mol. The first-order chi connectivity index (χ1) is 8.50. The van der Waals surface area contributed by atoms with Gasteiger partial charge in [-0.05, 0) is 17.7 Å². The van der Waals surface area contributed by atoms with Crippen LogP contribution in [0, 0.1) is 0 Å². The van der Waals surface area contributed by atoms with Gasteiger partial charge in [0, 0.05) is 13.0 Å². The summed E-state index contributed by atoms with van der Waals surface area (Å²) in [7, 11) is 0. The molecule has 18 heavy (non-hydrogen) atoms. The lowest BCUT2D eigenvalue weighted by Gasteiger charge is -2.10. The highest BCUT2D eigenvalue weighted by atomic mass is 19.4. The second-order valence-electron chi connectivity index (χ2n) is 4.01. The zero-order valence-electron chi connectivity index (χ0n) is 9.57. The van der Waals surface area contributed by atoms with Crippen LogP contribution in [0.25, 0.3) is 0 Å². The van der Waals surface area contributed by atoms with E-state index in [2.05, 4.69) is 4.99 Å². The molecule has 0 radical (unpaired) electrons. The molecule has 3 nitrogen and oxygen atoms in total. The summed E-state index contributed by atoms with van der Waals surface area (Å²) >= 11 is 0. The van der Waals surface area contributed by atoms with Gasteiger partial charge >= 0.3 is 6.18 Å². The van der Waals surface area contributed by atoms with Gasteiger partial charge in [-0.2, -0.15) is 13.2 Å². The first-order valence-corrected chi connectivity index (χ1v) is 5.57. The van der Waals surface area contributed by atoms with Gasteiger partial charge in [0.1, 0.15) is 12.6 Å². The van der Waals surface area contributed by atoms with Gasteiger partial charge in [-0.3, -0.25) is 0 Å². The van der Waals surface area contributed by atoms with Crippen molar-refractivity contribution in [3.8, 4) is 0 Å². The molecule has 0 saturated carbocycles. The molecule has 98 valence electrons. The van der Waals surface area contributed by atoms with Crippen molar-refractivity contribution < 1.29 is 17.9 Å². The van der Waals surface area contributed by atoms with Crippen LogP contribution in [0.2, 0.25) is 0 Å². The first-order valence-electron chi connectivity index (χ1n) is 5.57. The Hall–Kier alpha value is -1.56. The summed E-state index contributed by atoms with van der Waals surface area (Å²) in [5, 5.41) is 0. The van der Waals surface area contributed by atoms with Crippen molar-refractivity contribution in [3.63, 3.8) is 0 Å². The molecule has 0 spiro atoms. The Morgan fingerprint density at radius 2 is 2.17 bits per heavy atom. The van der Waals surface area contributed by atoms with Crippen molar-refractivity contribution in [1.82, 2.24) is 0 Å². The zero-order chi connectivity index (χ0) is 13.2. The molecule has 0 bridgehead atoms. The Morgan fingerprint density at radius 1 is 1.39 bits per heavy atom. The SMILES string of the molecule is NCCC1=NC(c2cccc(C(F)(F)F)c2)CO1. The summed E-state index contributed by atoms with van der Waals surface area (Å²) in [4.78, 5) is 4.22. The fraction of sp³-hybridized carbons (Fsp3) is 0.417. The number of nitrogens with zero attached hydrogens (tertiary/aromatic N) is 1. The number of ether oxygens (including phenoxy) is 1. The molecule has 0 aromatic heterocycles. The van der Waals surface area contributed by atoms with Crippen LogP contribution in [0.5, 0.6) is 0 Å². The molecule has 2 rings (SSSR count). The Bertz CT molecular complexity index is 457. The van der Waals surface area contributed by atoms with Crippen LogP contribution in [0.15, 0.2) is 29.3 Å². The van der Waals surface area contributed by atoms with Crippen LogP contribution in [0.3, 0.4) is 0 Å². The van der Waals surface area contributed by atoms with Crippen molar-refractivity contribution in [1.29, 1.82) is 0 Å². The fourth-order valence-electron chi connectivity index (χ4n) is 1.78. The lowest BCUT2D eigenvalue weighted by atomic mass is 10.0. The molecule has 1 aromatic carbocycles. The van der Waals surface area contributed by atoms with Crippen molar-refractivity contribution in [2.75, 3.05) is 13.2 Å². The predicted octanol–water partition coefficient (Wildman–Crippen LogP) is 2.52. The first kappa shape index (κ1) is 12.9. The van der Waals surface area contributed by atoms with E-state index in [1.54, 1.807) is 6.07 Å². The van der Waals surface area contributed by atoms with Gasteiger partial charge in [-0.1, -0.05) is 12.1 Å². The number of rotatable bonds is 3. The maximum Gasteiger partial charge on any atom is 0.416 e. The molecule has 2 N–H and O–H groups in total. The van der Waals surface area contributed by atoms with E-state index in [0.717, 1.165) is 12.1 Å². The topological polar surface area (TPSA) is 47.6 Å². The molecular formula is C12H13F3N2O. The minimum atomic E-state index is -4.33. The third-order valence-corrected chi connectivity index (χ3v) is 2.66. The van der Waals surface area contributed by atoms with E-state index in [1.165, 1.54) is 6.07 Å². The third-order valence-electron chi connectivity index (χ3n) is 2.66. The molecule has 1 unspecified atom stereocenters. The highest BCUT2D eigenvalue weighted by molar-refractivity contribution is 5.78. The molecule has 1 aliphatic rings. The normalized spacial score (nSPS) is 19.6. The van der Waals surface area contributed by atoms with Gasteiger partial charge in [0.2, 0.25) is 0 Å². The van der Waals surface area contributed by atoms with Gasteiger partial charge in [0.25, 0.3) is 0 Å². The molecule has 0 fully saturated rings. The summed E-state index contributed by atoms with van der Waals surface area (Å²) in [5.74, 6) is 0.514. The highest BCUT2D eigenvalue weighted by Gasteiger charge is 2.31. The average molecular weight is 258 g/mol. The molecule has 6 heteroatoms. The van der Waals surface area contributed by atoms with E-state index in [1.807, 2.05) is 0 Å². The quantitative estimate of drug-likeness (QED) is 0.905. The lowest BCUT2D eigenvalue weighted by Crippen LogP contribution is -2.07. The van der Waals surface area contributed by atoms with Gasteiger partial charge in [-0.15, -0.1) is 0 Å². The standard InChI is InChI=1S/C12H13F3N2O/c13-12(14,15)9-3-1-2-8(6-9)10-7-18-11(17-10)4-5-16/h1-3,6,10H,4-5,7,16H2. The fourth-order valence-corrected chi connectivity index (χ4v) is 1.78. The molecular weight excluding hydrogens is 245 g/mol. The third kappa shape index (κ3) is 2.81. The van der Waals surface area contributed by atoms with E-state index >= 15 is 0 Å². The molecule has 1 aromatic rings. The van der Waals surface area contributed by atoms with E-state index in [-0.39, 0.29) is 12.6 Å². The second-order valence-corrected chi connectivity index (χ2v) is 4.01. The minimum absolute atomic E-state index is 0.274. The van der Waals surface area contributed by atoms with E-state index in [0.29, 0.717) is 24.4 Å². The van der Waals surface area contributed by atoms with Crippen molar-refractivity contribution in [2.45, 2.75) is 18.6 Å². The van der Waals surface area contributed by atoms with Crippen molar-refractivity contribution >= 4 is 5.90 Å². The maximum absolute atomic E-state index is 12.6. The van der Waals surface area contributed by atoms with Crippen LogP contribution in [-0.4, -0.2) is 19.0 Å². The van der Waals surface area contributed by atoms with Gasteiger partial charge in [0.05, 0.1) is 5.56 Å². The summed E-state index contributed by atoms with van der Waals surface area (Å²) in [6.07, 6.45) is -3.82. The second kappa shape index (κ2) is 4.97. The molecule has 0 saturated heterocycles. The molecule has 0 amide bonds. The number of benzene rings is 1. The van der Waals surface area contributed by atoms with Crippen LogP contribution in [-0.2, 0) is 10.9 Å². The van der Waals surface area contributed by atoms with Crippen LogP contribution < -0.4 is 5.73 Å². The van der Waals surface area contributed by atoms with Crippen molar-refractivity contribution in [2.24, 2.45) is 10.7 Å². The Labute approximate surface area is 102 Å². The van der Waals surface area contributed by atoms with Crippen molar-refractivity contribution in [3.05, 3.63) is 35.4 Å². The molecule has 1 aliphatic heterocycles. The monoisotopic (exact) mass is 258 g/mol. The van der Waals surface area contributed by atoms with Crippen LogP contribution in [0.1, 0.15) is 23.6 Å². The summed E-state index contributed by atoms with van der Waals surface area (Å²) in [5.41, 5.74) is 5.21. The number of halogens is 3.